The fourth-order valence-electron chi connectivity index (χ4n) is 5.36. The van der Waals surface area contributed by atoms with Crippen molar-refractivity contribution in [2.24, 2.45) is 11.3 Å². The molecule has 2 aliphatic rings. The van der Waals surface area contributed by atoms with E-state index >= 15 is 4.39 Å². The van der Waals surface area contributed by atoms with Crippen molar-refractivity contribution in [3.8, 4) is 11.4 Å². The van der Waals surface area contributed by atoms with Crippen LogP contribution in [0.15, 0.2) is 6.07 Å². The van der Waals surface area contributed by atoms with E-state index in [0.717, 1.165) is 44.9 Å². The van der Waals surface area contributed by atoms with E-state index in [1.165, 1.54) is 6.07 Å². The minimum Gasteiger partial charge on any atom is -0.478 e. The van der Waals surface area contributed by atoms with E-state index in [1.807, 2.05) is 0 Å². The summed E-state index contributed by atoms with van der Waals surface area (Å²) in [6, 6.07) is 1.19. The highest BCUT2D eigenvalue weighted by Crippen LogP contribution is 2.42. The number of piperidine rings is 1. The normalized spacial score (nSPS) is 18.2. The molecule has 2 aromatic rings. The van der Waals surface area contributed by atoms with Gasteiger partial charge in [-0.3, -0.25) is 0 Å². The first-order valence-electron chi connectivity index (χ1n) is 12.1. The van der Waals surface area contributed by atoms with E-state index in [-0.39, 0.29) is 40.0 Å². The summed E-state index contributed by atoms with van der Waals surface area (Å²) in [5.74, 6) is -1.90. The molecule has 1 saturated carbocycles. The van der Waals surface area contributed by atoms with Crippen molar-refractivity contribution >= 4 is 17.7 Å². The molecule has 184 valence electrons. The van der Waals surface area contributed by atoms with E-state index in [0.29, 0.717) is 19.0 Å². The van der Waals surface area contributed by atoms with Crippen LogP contribution in [-0.2, 0) is 0 Å². The minimum absolute atomic E-state index is 0.0138. The molecule has 10 heteroatoms. The SMILES string of the molecule is CC(C)(C)C1CCN(C(=O)Nc2cc(-c3nn[nH]n3)c(C(=O)O)c(F)c2C2CCCCC2)CC1. The fourth-order valence-corrected chi connectivity index (χ4v) is 5.36. The second-order valence-electron chi connectivity index (χ2n) is 10.5. The van der Waals surface area contributed by atoms with E-state index in [4.69, 9.17) is 0 Å². The van der Waals surface area contributed by atoms with Crippen molar-refractivity contribution in [2.75, 3.05) is 18.4 Å². The number of benzene rings is 1. The molecule has 0 atom stereocenters. The average molecular weight is 473 g/mol. The Labute approximate surface area is 198 Å². The third-order valence-corrected chi connectivity index (χ3v) is 7.37. The third-order valence-electron chi connectivity index (χ3n) is 7.37. The van der Waals surface area contributed by atoms with Gasteiger partial charge in [-0.1, -0.05) is 40.0 Å². The summed E-state index contributed by atoms with van der Waals surface area (Å²) >= 11 is 0. The predicted octanol–water partition coefficient (Wildman–Crippen LogP) is 5.04. The zero-order valence-electron chi connectivity index (χ0n) is 20.0. The second kappa shape index (κ2) is 9.68. The van der Waals surface area contributed by atoms with E-state index in [1.54, 1.807) is 4.90 Å². The van der Waals surface area contributed by atoms with Crippen molar-refractivity contribution in [3.63, 3.8) is 0 Å². The Morgan fingerprint density at radius 1 is 1.15 bits per heavy atom. The Hall–Kier alpha value is -3.04. The number of carboxylic acid groups (broad SMARTS) is 1. The molecule has 3 N–H and O–H groups in total. The smallest absolute Gasteiger partial charge is 0.339 e. The number of anilines is 1. The first kappa shape index (κ1) is 24.1. The molecule has 1 aromatic heterocycles. The first-order chi connectivity index (χ1) is 16.2. The van der Waals surface area contributed by atoms with Crippen LogP contribution in [-0.4, -0.2) is 55.7 Å². The lowest BCUT2D eigenvalue weighted by Crippen LogP contribution is -2.43. The van der Waals surface area contributed by atoms with Crippen LogP contribution in [0.5, 0.6) is 0 Å². The van der Waals surface area contributed by atoms with Gasteiger partial charge in [0.15, 0.2) is 0 Å². The van der Waals surface area contributed by atoms with Gasteiger partial charge in [-0.15, -0.1) is 10.2 Å². The molecule has 1 aromatic carbocycles. The summed E-state index contributed by atoms with van der Waals surface area (Å²) in [6.07, 6.45) is 6.25. The van der Waals surface area contributed by atoms with Crippen LogP contribution in [0.4, 0.5) is 14.9 Å². The van der Waals surface area contributed by atoms with Gasteiger partial charge in [0.1, 0.15) is 11.4 Å². The number of hydrogen-bond acceptors (Lipinski definition) is 5. The molecular formula is C24H33FN6O3. The topological polar surface area (TPSA) is 124 Å². The maximum Gasteiger partial charge on any atom is 0.339 e. The number of rotatable bonds is 4. The number of amides is 2. The van der Waals surface area contributed by atoms with Crippen molar-refractivity contribution in [2.45, 2.75) is 71.6 Å². The highest BCUT2D eigenvalue weighted by molar-refractivity contribution is 5.99. The third kappa shape index (κ3) is 4.90. The zero-order chi connectivity index (χ0) is 24.5. The van der Waals surface area contributed by atoms with Gasteiger partial charge >= 0.3 is 12.0 Å². The number of H-pyrrole nitrogens is 1. The lowest BCUT2D eigenvalue weighted by atomic mass is 9.75. The number of carbonyl (C=O) groups excluding carboxylic acids is 1. The van der Waals surface area contributed by atoms with E-state index < -0.39 is 17.3 Å². The Kier molecular flexibility index (Phi) is 6.86. The van der Waals surface area contributed by atoms with Gasteiger partial charge in [0.2, 0.25) is 5.82 Å². The molecule has 2 amide bonds. The number of aromatic carboxylic acids is 1. The molecule has 34 heavy (non-hydrogen) atoms. The summed E-state index contributed by atoms with van der Waals surface area (Å²) in [5.41, 5.74) is 0.233. The van der Waals surface area contributed by atoms with Crippen molar-refractivity contribution in [3.05, 3.63) is 23.0 Å². The molecular weight excluding hydrogens is 439 g/mol. The molecule has 0 spiro atoms. The number of nitrogens with zero attached hydrogens (tertiary/aromatic N) is 4. The molecule has 2 fully saturated rings. The molecule has 1 aliphatic carbocycles. The number of likely N-dealkylation sites (tertiary alicyclic amines) is 1. The zero-order valence-corrected chi connectivity index (χ0v) is 20.0. The van der Waals surface area contributed by atoms with Gasteiger partial charge in [0, 0.05) is 29.9 Å². The maximum absolute atomic E-state index is 15.9. The minimum atomic E-state index is -1.41. The largest absolute Gasteiger partial charge is 0.478 e. The molecule has 2 heterocycles. The number of carboxylic acids is 1. The molecule has 0 radical (unpaired) electrons. The Balaban J connectivity index is 1.69. The molecule has 1 aliphatic heterocycles. The number of tetrazole rings is 1. The Bertz CT molecular complexity index is 1040. The summed E-state index contributed by atoms with van der Waals surface area (Å²) in [7, 11) is 0. The lowest BCUT2D eigenvalue weighted by molar-refractivity contribution is 0.0692. The molecule has 4 rings (SSSR count). The predicted molar refractivity (Wildman–Crippen MR) is 125 cm³/mol. The summed E-state index contributed by atoms with van der Waals surface area (Å²) < 4.78 is 15.9. The fraction of sp³-hybridized carbons (Fsp3) is 0.625. The summed E-state index contributed by atoms with van der Waals surface area (Å²) in [6.45, 7) is 7.90. The van der Waals surface area contributed by atoms with Gasteiger partial charge in [0.05, 0.1) is 0 Å². The van der Waals surface area contributed by atoms with Crippen LogP contribution < -0.4 is 5.32 Å². The van der Waals surface area contributed by atoms with Crippen LogP contribution >= 0.6 is 0 Å². The number of urea groups is 1. The summed E-state index contributed by atoms with van der Waals surface area (Å²) in [4.78, 5) is 27.0. The lowest BCUT2D eigenvalue weighted by Gasteiger charge is -2.38. The monoisotopic (exact) mass is 472 g/mol. The number of carbonyl (C=O) groups is 2. The van der Waals surface area contributed by atoms with Crippen molar-refractivity contribution in [1.29, 1.82) is 0 Å². The van der Waals surface area contributed by atoms with Crippen LogP contribution in [0.1, 0.15) is 87.6 Å². The van der Waals surface area contributed by atoms with Crippen LogP contribution in [0.3, 0.4) is 0 Å². The van der Waals surface area contributed by atoms with E-state index in [2.05, 4.69) is 46.7 Å². The van der Waals surface area contributed by atoms with Gasteiger partial charge in [-0.25, -0.2) is 14.0 Å². The first-order valence-corrected chi connectivity index (χ1v) is 12.1. The van der Waals surface area contributed by atoms with Crippen LogP contribution in [0.25, 0.3) is 11.4 Å². The van der Waals surface area contributed by atoms with Gasteiger partial charge < -0.3 is 15.3 Å². The molecule has 1 saturated heterocycles. The van der Waals surface area contributed by atoms with Gasteiger partial charge in [-0.2, -0.15) is 5.21 Å². The number of hydrogen-bond donors (Lipinski definition) is 3. The van der Waals surface area contributed by atoms with Crippen molar-refractivity contribution < 1.29 is 19.1 Å². The highest BCUT2D eigenvalue weighted by atomic mass is 19.1. The van der Waals surface area contributed by atoms with Gasteiger partial charge in [0.25, 0.3) is 0 Å². The quantitative estimate of drug-likeness (QED) is 0.572. The molecule has 9 nitrogen and oxygen atoms in total. The molecule has 0 unspecified atom stereocenters. The van der Waals surface area contributed by atoms with E-state index in [9.17, 15) is 14.7 Å². The highest BCUT2D eigenvalue weighted by Gasteiger charge is 2.33. The standard InChI is InChI=1S/C24H33FN6O3/c1-24(2,3)15-9-11-31(12-10-15)23(34)26-17-13-16(21-27-29-30-28-21)19(22(32)33)20(25)18(17)14-7-5-4-6-8-14/h13-15H,4-12H2,1-3H3,(H,26,34)(H,32,33)(H,27,28,29,30). The molecule has 0 bridgehead atoms. The maximum atomic E-state index is 15.9. The Morgan fingerprint density at radius 2 is 1.82 bits per heavy atom. The van der Waals surface area contributed by atoms with Crippen molar-refractivity contribution in [1.82, 2.24) is 25.5 Å². The number of halogens is 1. The van der Waals surface area contributed by atoms with Crippen LogP contribution in [0, 0.1) is 17.2 Å². The average Bonchev–Trinajstić information content (AvgIpc) is 3.33. The summed E-state index contributed by atoms with van der Waals surface area (Å²) in [5, 5.41) is 26.2. The van der Waals surface area contributed by atoms with Crippen LogP contribution in [0.2, 0.25) is 0 Å². The second-order valence-corrected chi connectivity index (χ2v) is 10.5. The Morgan fingerprint density at radius 3 is 2.38 bits per heavy atom. The van der Waals surface area contributed by atoms with Gasteiger partial charge in [-0.05, 0) is 54.2 Å². The number of aromatic nitrogens is 4. The number of nitrogens with one attached hydrogen (secondary N) is 2. The number of aromatic amines is 1.